The van der Waals surface area contributed by atoms with Gasteiger partial charge in [-0.25, -0.2) is 4.79 Å². The molecule has 1 rings (SSSR count). The highest BCUT2D eigenvalue weighted by molar-refractivity contribution is 7.10. The molecule has 0 saturated heterocycles. The summed E-state index contributed by atoms with van der Waals surface area (Å²) in [5, 5.41) is 11.1. The summed E-state index contributed by atoms with van der Waals surface area (Å²) in [5.74, 6) is -0.792. The molecule has 1 heterocycles. The van der Waals surface area contributed by atoms with Crippen molar-refractivity contribution in [2.75, 3.05) is 0 Å². The summed E-state index contributed by atoms with van der Waals surface area (Å²) in [5.41, 5.74) is 0.523. The van der Waals surface area contributed by atoms with Crippen LogP contribution in [-0.2, 0) is 5.41 Å². The van der Waals surface area contributed by atoms with Crippen molar-refractivity contribution in [3.05, 3.63) is 21.9 Å². The fourth-order valence-electron chi connectivity index (χ4n) is 2.34. The van der Waals surface area contributed by atoms with Crippen molar-refractivity contribution in [2.45, 2.75) is 64.7 Å². The molecular weight excluding hydrogens is 244 g/mol. The van der Waals surface area contributed by atoms with Crippen molar-refractivity contribution in [1.29, 1.82) is 0 Å². The number of carboxylic acid groups (broad SMARTS) is 1. The van der Waals surface area contributed by atoms with Crippen molar-refractivity contribution in [1.82, 2.24) is 0 Å². The average Bonchev–Trinajstić information content (AvgIpc) is 2.84. The summed E-state index contributed by atoms with van der Waals surface area (Å²) in [6.45, 7) is 6.57. The molecular formula is C15H24O2S. The van der Waals surface area contributed by atoms with Crippen molar-refractivity contribution in [3.63, 3.8) is 0 Å². The highest BCUT2D eigenvalue weighted by Gasteiger charge is 2.29. The van der Waals surface area contributed by atoms with Gasteiger partial charge in [0.05, 0.1) is 5.56 Å². The molecule has 3 heteroatoms. The third kappa shape index (κ3) is 3.58. The Balaban J connectivity index is 2.79. The Bertz CT molecular complexity index is 384. The van der Waals surface area contributed by atoms with Crippen LogP contribution in [0, 0.1) is 0 Å². The van der Waals surface area contributed by atoms with E-state index in [0.717, 1.165) is 17.7 Å². The molecule has 1 atom stereocenters. The average molecular weight is 268 g/mol. The lowest BCUT2D eigenvalue weighted by molar-refractivity contribution is 0.0694. The first-order valence-electron chi connectivity index (χ1n) is 6.86. The van der Waals surface area contributed by atoms with Gasteiger partial charge in [-0.1, -0.05) is 46.5 Å². The Labute approximate surface area is 114 Å². The predicted octanol–water partition coefficient (Wildman–Crippen LogP) is 5.08. The predicted molar refractivity (Wildman–Crippen MR) is 77.7 cm³/mol. The van der Waals surface area contributed by atoms with E-state index in [1.54, 1.807) is 17.4 Å². The van der Waals surface area contributed by atoms with Gasteiger partial charge in [-0.3, -0.25) is 0 Å². The van der Waals surface area contributed by atoms with Gasteiger partial charge in [-0.05, 0) is 24.3 Å². The van der Waals surface area contributed by atoms with Gasteiger partial charge in [0, 0.05) is 10.3 Å². The molecule has 0 fully saturated rings. The molecule has 0 aliphatic rings. The number of aromatic carboxylic acids is 1. The molecule has 18 heavy (non-hydrogen) atoms. The molecule has 0 aliphatic carbocycles. The molecule has 0 aliphatic heterocycles. The molecule has 1 aromatic heterocycles. The number of rotatable bonds is 8. The Morgan fingerprint density at radius 3 is 2.61 bits per heavy atom. The monoisotopic (exact) mass is 268 g/mol. The molecule has 1 unspecified atom stereocenters. The van der Waals surface area contributed by atoms with E-state index < -0.39 is 5.97 Å². The van der Waals surface area contributed by atoms with Gasteiger partial charge in [-0.15, -0.1) is 11.3 Å². The molecule has 2 nitrogen and oxygen atoms in total. The second kappa shape index (κ2) is 6.93. The summed E-state index contributed by atoms with van der Waals surface area (Å²) in [6.07, 6.45) is 7.04. The summed E-state index contributed by atoms with van der Waals surface area (Å²) >= 11 is 1.59. The summed E-state index contributed by atoms with van der Waals surface area (Å²) in [6, 6.07) is 1.74. The first-order valence-corrected chi connectivity index (χ1v) is 7.74. The maximum absolute atomic E-state index is 11.2. The van der Waals surface area contributed by atoms with Crippen LogP contribution in [-0.4, -0.2) is 11.1 Å². The quantitative estimate of drug-likeness (QED) is 0.667. The SMILES string of the molecule is CCCCCCC(C)(CC)c1sccc1C(=O)O. The van der Waals surface area contributed by atoms with Crippen LogP contribution in [0.2, 0.25) is 0 Å². The van der Waals surface area contributed by atoms with Crippen LogP contribution in [0.4, 0.5) is 0 Å². The zero-order valence-electron chi connectivity index (χ0n) is 11.7. The van der Waals surface area contributed by atoms with Crippen LogP contribution in [0.25, 0.3) is 0 Å². The van der Waals surface area contributed by atoms with E-state index in [-0.39, 0.29) is 5.41 Å². The van der Waals surface area contributed by atoms with E-state index >= 15 is 0 Å². The molecule has 1 N–H and O–H groups in total. The molecule has 102 valence electrons. The van der Waals surface area contributed by atoms with Crippen LogP contribution in [0.5, 0.6) is 0 Å². The lowest BCUT2D eigenvalue weighted by Gasteiger charge is -2.28. The van der Waals surface area contributed by atoms with E-state index in [0.29, 0.717) is 5.56 Å². The topological polar surface area (TPSA) is 37.3 Å². The van der Waals surface area contributed by atoms with Gasteiger partial charge in [0.1, 0.15) is 0 Å². The van der Waals surface area contributed by atoms with Gasteiger partial charge in [-0.2, -0.15) is 0 Å². The molecule has 1 aromatic rings. The minimum absolute atomic E-state index is 0.0234. The van der Waals surface area contributed by atoms with Crippen molar-refractivity contribution < 1.29 is 9.90 Å². The third-order valence-electron chi connectivity index (χ3n) is 3.81. The minimum Gasteiger partial charge on any atom is -0.478 e. The van der Waals surface area contributed by atoms with Gasteiger partial charge in [0.25, 0.3) is 0 Å². The smallest absolute Gasteiger partial charge is 0.336 e. The van der Waals surface area contributed by atoms with Crippen LogP contribution >= 0.6 is 11.3 Å². The van der Waals surface area contributed by atoms with Crippen molar-refractivity contribution >= 4 is 17.3 Å². The summed E-state index contributed by atoms with van der Waals surface area (Å²) in [4.78, 5) is 12.3. The fourth-order valence-corrected chi connectivity index (χ4v) is 3.49. The summed E-state index contributed by atoms with van der Waals surface area (Å²) < 4.78 is 0. The fraction of sp³-hybridized carbons (Fsp3) is 0.667. The molecule has 0 saturated carbocycles. The van der Waals surface area contributed by atoms with E-state index in [2.05, 4.69) is 20.8 Å². The highest BCUT2D eigenvalue weighted by Crippen LogP contribution is 2.38. The standard InChI is InChI=1S/C15H24O2S/c1-4-6-7-8-10-15(3,5-2)13-12(14(16)17)9-11-18-13/h9,11H,4-8,10H2,1-3H3,(H,16,17). The highest BCUT2D eigenvalue weighted by atomic mass is 32.1. The van der Waals surface area contributed by atoms with Crippen molar-refractivity contribution in [3.8, 4) is 0 Å². The Morgan fingerprint density at radius 1 is 1.33 bits per heavy atom. The van der Waals surface area contributed by atoms with Gasteiger partial charge in [0.2, 0.25) is 0 Å². The van der Waals surface area contributed by atoms with Crippen LogP contribution in [0.3, 0.4) is 0 Å². The number of carboxylic acids is 1. The first-order chi connectivity index (χ1) is 8.55. The summed E-state index contributed by atoms with van der Waals surface area (Å²) in [7, 11) is 0. The van der Waals surface area contributed by atoms with Gasteiger partial charge >= 0.3 is 5.97 Å². The number of hydrogen-bond donors (Lipinski definition) is 1. The van der Waals surface area contributed by atoms with Gasteiger partial charge < -0.3 is 5.11 Å². The Kier molecular flexibility index (Phi) is 5.86. The number of carbonyl (C=O) groups is 1. The largest absolute Gasteiger partial charge is 0.478 e. The van der Waals surface area contributed by atoms with E-state index in [1.165, 1.54) is 25.7 Å². The minimum atomic E-state index is -0.792. The van der Waals surface area contributed by atoms with Crippen LogP contribution in [0.15, 0.2) is 11.4 Å². The molecule has 0 amide bonds. The van der Waals surface area contributed by atoms with E-state index in [9.17, 15) is 9.90 Å². The maximum atomic E-state index is 11.2. The zero-order valence-corrected chi connectivity index (χ0v) is 12.5. The lowest BCUT2D eigenvalue weighted by atomic mass is 9.79. The second-order valence-electron chi connectivity index (χ2n) is 5.19. The third-order valence-corrected chi connectivity index (χ3v) is 5.03. The van der Waals surface area contributed by atoms with Crippen LogP contribution < -0.4 is 0 Å². The number of unbranched alkanes of at least 4 members (excludes halogenated alkanes) is 3. The van der Waals surface area contributed by atoms with Crippen LogP contribution in [0.1, 0.15) is 74.5 Å². The first kappa shape index (κ1) is 15.2. The van der Waals surface area contributed by atoms with E-state index in [1.807, 2.05) is 5.38 Å². The normalized spacial score (nSPS) is 14.4. The van der Waals surface area contributed by atoms with Gasteiger partial charge in [0.15, 0.2) is 0 Å². The van der Waals surface area contributed by atoms with Crippen molar-refractivity contribution in [2.24, 2.45) is 0 Å². The van der Waals surface area contributed by atoms with E-state index in [4.69, 9.17) is 0 Å². The number of hydrogen-bond acceptors (Lipinski definition) is 2. The lowest BCUT2D eigenvalue weighted by Crippen LogP contribution is -2.22. The number of thiophene rings is 1. The Hall–Kier alpha value is -0.830. The molecule has 0 radical (unpaired) electrons. The zero-order chi connectivity index (χ0) is 13.6. The molecule has 0 bridgehead atoms. The second-order valence-corrected chi connectivity index (χ2v) is 6.11. The Morgan fingerprint density at radius 2 is 2.06 bits per heavy atom. The maximum Gasteiger partial charge on any atom is 0.336 e. The molecule has 0 aromatic carbocycles. The molecule has 0 spiro atoms.